The Hall–Kier alpha value is -3.69. The molecular weight excluding hydrogens is 474 g/mol. The predicted octanol–water partition coefficient (Wildman–Crippen LogP) is 6.23. The van der Waals surface area contributed by atoms with Crippen molar-refractivity contribution in [3.63, 3.8) is 0 Å². The van der Waals surface area contributed by atoms with Crippen LogP contribution < -0.4 is 0 Å². The molecule has 0 atom stereocenters. The van der Waals surface area contributed by atoms with Gasteiger partial charge in [0.15, 0.2) is 16.6 Å². The molecule has 3 aromatic heterocycles. The van der Waals surface area contributed by atoms with Gasteiger partial charge >= 0.3 is 0 Å². The van der Waals surface area contributed by atoms with E-state index in [0.29, 0.717) is 27.1 Å². The fourth-order valence-corrected chi connectivity index (χ4v) is 4.84. The Morgan fingerprint density at radius 1 is 1.15 bits per heavy atom. The second-order valence-corrected chi connectivity index (χ2v) is 8.59. The van der Waals surface area contributed by atoms with Crippen LogP contribution in [0.25, 0.3) is 26.6 Å². The molecule has 6 nitrogen and oxygen atoms in total. The lowest BCUT2D eigenvalue weighted by molar-refractivity contribution is 0.101. The highest BCUT2D eigenvalue weighted by molar-refractivity contribution is 7.21. The lowest BCUT2D eigenvalue weighted by atomic mass is 10.0. The number of para-hydroxylation sites is 1. The molecule has 166 valence electrons. The first kappa shape index (κ1) is 21.2. The van der Waals surface area contributed by atoms with Crippen LogP contribution in [-0.4, -0.2) is 25.5 Å². The minimum atomic E-state index is -1.00. The fourth-order valence-electron chi connectivity index (χ4n) is 3.56. The molecule has 0 amide bonds. The average Bonchev–Trinajstić information content (AvgIpc) is 3.45. The molecule has 5 rings (SSSR count). The lowest BCUT2D eigenvalue weighted by Gasteiger charge is -2.10. The van der Waals surface area contributed by atoms with E-state index in [9.17, 15) is 23.8 Å². The van der Waals surface area contributed by atoms with Gasteiger partial charge in [0.25, 0.3) is 0 Å². The van der Waals surface area contributed by atoms with Gasteiger partial charge in [-0.05, 0) is 43.3 Å². The molecule has 0 aliphatic rings. The van der Waals surface area contributed by atoms with Gasteiger partial charge in [0.1, 0.15) is 22.9 Å². The molecule has 0 spiro atoms. The number of ketones is 1. The topological polar surface area (TPSA) is 88.5 Å². The normalized spacial score (nSPS) is 11.4. The first-order valence-corrected chi connectivity index (χ1v) is 10.7. The standard InChI is InChI=1S/C23H13ClF2N2O4S/c1-10-5-8-15(32-10)20(29)17-19(12-7-6-11(25)9-14(12)26)28(22(31)21(17)30)23-27-18-13(24)3-2-4-16(18)33-23/h2-9,30-31H,1H3. The van der Waals surface area contributed by atoms with Gasteiger partial charge < -0.3 is 14.6 Å². The summed E-state index contributed by atoms with van der Waals surface area (Å²) in [6.45, 7) is 1.63. The molecule has 0 fully saturated rings. The highest BCUT2D eigenvalue weighted by Gasteiger charge is 2.33. The Morgan fingerprint density at radius 3 is 2.61 bits per heavy atom. The molecule has 0 saturated carbocycles. The molecule has 0 unspecified atom stereocenters. The van der Waals surface area contributed by atoms with Gasteiger partial charge in [-0.15, -0.1) is 0 Å². The fraction of sp³-hybridized carbons (Fsp3) is 0.0435. The Labute approximate surface area is 193 Å². The number of aromatic nitrogens is 2. The molecule has 0 radical (unpaired) electrons. The number of aromatic hydroxyl groups is 2. The zero-order valence-corrected chi connectivity index (χ0v) is 18.3. The van der Waals surface area contributed by atoms with Crippen LogP contribution in [0.3, 0.4) is 0 Å². The smallest absolute Gasteiger partial charge is 0.242 e. The minimum Gasteiger partial charge on any atom is -0.503 e. The summed E-state index contributed by atoms with van der Waals surface area (Å²) in [6, 6.07) is 10.8. The maximum Gasteiger partial charge on any atom is 0.242 e. The van der Waals surface area contributed by atoms with E-state index in [-0.39, 0.29) is 22.1 Å². The summed E-state index contributed by atoms with van der Waals surface area (Å²) in [5.41, 5.74) is -0.440. The van der Waals surface area contributed by atoms with Gasteiger partial charge in [-0.2, -0.15) is 0 Å². The average molecular weight is 487 g/mol. The molecule has 2 N–H and O–H groups in total. The number of furan rings is 1. The summed E-state index contributed by atoms with van der Waals surface area (Å²) < 4.78 is 35.6. The third-order valence-corrected chi connectivity index (χ3v) is 6.36. The van der Waals surface area contributed by atoms with Gasteiger partial charge in [-0.1, -0.05) is 29.0 Å². The molecular formula is C23H13ClF2N2O4S. The van der Waals surface area contributed by atoms with Gasteiger partial charge in [0, 0.05) is 11.6 Å². The van der Waals surface area contributed by atoms with Crippen LogP contribution in [0.5, 0.6) is 11.6 Å². The summed E-state index contributed by atoms with van der Waals surface area (Å²) in [4.78, 5) is 17.7. The van der Waals surface area contributed by atoms with Crippen molar-refractivity contribution < 1.29 is 28.2 Å². The van der Waals surface area contributed by atoms with Gasteiger partial charge in [0.05, 0.1) is 21.0 Å². The highest BCUT2D eigenvalue weighted by Crippen LogP contribution is 2.46. The SMILES string of the molecule is Cc1ccc(C(=O)c2c(O)c(O)n(-c3nc4c(Cl)cccc4s3)c2-c2ccc(F)cc2F)o1. The highest BCUT2D eigenvalue weighted by atomic mass is 35.5. The number of rotatable bonds is 4. The van der Waals surface area contributed by atoms with E-state index in [1.165, 1.54) is 6.07 Å². The van der Waals surface area contributed by atoms with Crippen LogP contribution in [0.15, 0.2) is 52.9 Å². The minimum absolute atomic E-state index is 0.110. The molecule has 2 aromatic carbocycles. The molecule has 3 heterocycles. The second kappa shape index (κ2) is 7.72. The van der Waals surface area contributed by atoms with Gasteiger partial charge in [-0.3, -0.25) is 9.36 Å². The molecule has 0 bridgehead atoms. The van der Waals surface area contributed by atoms with Crippen molar-refractivity contribution >= 4 is 38.9 Å². The van der Waals surface area contributed by atoms with Crippen molar-refractivity contribution in [2.75, 3.05) is 0 Å². The van der Waals surface area contributed by atoms with Crippen LogP contribution in [-0.2, 0) is 0 Å². The predicted molar refractivity (Wildman–Crippen MR) is 120 cm³/mol. The molecule has 33 heavy (non-hydrogen) atoms. The zero-order valence-electron chi connectivity index (χ0n) is 16.8. The van der Waals surface area contributed by atoms with E-state index in [4.69, 9.17) is 16.0 Å². The molecule has 0 saturated heterocycles. The number of hydrogen-bond acceptors (Lipinski definition) is 6. The summed E-state index contributed by atoms with van der Waals surface area (Å²) in [5.74, 6) is -3.85. The van der Waals surface area contributed by atoms with Crippen molar-refractivity contribution in [2.24, 2.45) is 0 Å². The summed E-state index contributed by atoms with van der Waals surface area (Å²) in [5, 5.41) is 22.0. The number of fused-ring (bicyclic) bond motifs is 1. The Kier molecular flexibility index (Phi) is 4.95. The Bertz CT molecular complexity index is 1570. The number of thiazole rings is 1. The zero-order chi connectivity index (χ0) is 23.4. The van der Waals surface area contributed by atoms with Crippen molar-refractivity contribution in [3.8, 4) is 28.0 Å². The van der Waals surface area contributed by atoms with Crippen LogP contribution >= 0.6 is 22.9 Å². The van der Waals surface area contributed by atoms with E-state index >= 15 is 0 Å². The number of benzene rings is 2. The number of aryl methyl sites for hydroxylation is 1. The van der Waals surface area contributed by atoms with E-state index < -0.39 is 34.6 Å². The maximum absolute atomic E-state index is 14.9. The first-order chi connectivity index (χ1) is 15.8. The van der Waals surface area contributed by atoms with E-state index in [1.54, 1.807) is 31.2 Å². The summed E-state index contributed by atoms with van der Waals surface area (Å²) in [7, 11) is 0. The number of hydrogen-bond donors (Lipinski definition) is 2. The Balaban J connectivity index is 1.85. The van der Waals surface area contributed by atoms with Gasteiger partial charge in [0.2, 0.25) is 11.7 Å². The number of carbonyl (C=O) groups excluding carboxylic acids is 1. The van der Waals surface area contributed by atoms with Gasteiger partial charge in [-0.25, -0.2) is 13.8 Å². The first-order valence-electron chi connectivity index (χ1n) is 9.55. The number of halogens is 3. The van der Waals surface area contributed by atoms with Crippen LogP contribution in [0.2, 0.25) is 5.02 Å². The lowest BCUT2D eigenvalue weighted by Crippen LogP contribution is -2.05. The summed E-state index contributed by atoms with van der Waals surface area (Å²) >= 11 is 7.32. The Morgan fingerprint density at radius 2 is 1.94 bits per heavy atom. The largest absolute Gasteiger partial charge is 0.503 e. The van der Waals surface area contributed by atoms with Crippen molar-refractivity contribution in [1.82, 2.24) is 9.55 Å². The van der Waals surface area contributed by atoms with E-state index in [2.05, 4.69) is 4.98 Å². The van der Waals surface area contributed by atoms with Crippen molar-refractivity contribution in [1.29, 1.82) is 0 Å². The molecule has 0 aliphatic carbocycles. The molecule has 5 aromatic rings. The van der Waals surface area contributed by atoms with Crippen LogP contribution in [0, 0.1) is 18.6 Å². The van der Waals surface area contributed by atoms with Crippen LogP contribution in [0.4, 0.5) is 8.78 Å². The number of nitrogens with zero attached hydrogens (tertiary/aromatic N) is 2. The second-order valence-electron chi connectivity index (χ2n) is 7.18. The number of carbonyl (C=O) groups is 1. The monoisotopic (exact) mass is 486 g/mol. The third kappa shape index (κ3) is 3.37. The molecule has 0 aliphatic heterocycles. The van der Waals surface area contributed by atoms with Crippen molar-refractivity contribution in [3.05, 3.63) is 82.3 Å². The molecule has 10 heteroatoms. The quantitative estimate of drug-likeness (QED) is 0.294. The van der Waals surface area contributed by atoms with E-state index in [0.717, 1.165) is 28.0 Å². The summed E-state index contributed by atoms with van der Waals surface area (Å²) in [6.07, 6.45) is 0. The third-order valence-electron chi connectivity index (χ3n) is 5.05. The van der Waals surface area contributed by atoms with Crippen LogP contribution in [0.1, 0.15) is 21.9 Å². The van der Waals surface area contributed by atoms with Crippen molar-refractivity contribution in [2.45, 2.75) is 6.92 Å². The maximum atomic E-state index is 14.9. The van der Waals surface area contributed by atoms with E-state index in [1.807, 2.05) is 0 Å².